The van der Waals surface area contributed by atoms with E-state index in [-0.39, 0.29) is 29.8 Å². The molecule has 2 aromatic rings. The van der Waals surface area contributed by atoms with Gasteiger partial charge in [0.15, 0.2) is 11.6 Å². The summed E-state index contributed by atoms with van der Waals surface area (Å²) in [4.78, 5) is 33.1. The van der Waals surface area contributed by atoms with Crippen LogP contribution in [0.25, 0.3) is 5.57 Å². The molecule has 1 fully saturated rings. The van der Waals surface area contributed by atoms with Gasteiger partial charge in [0.1, 0.15) is 17.1 Å². The Morgan fingerprint density at radius 1 is 1.07 bits per heavy atom. The number of halogens is 2. The molecular formula is C31H38F2N4O4. The molecule has 0 bridgehead atoms. The number of likely N-dealkylation sites (tertiary alicyclic amines) is 1. The molecule has 220 valence electrons. The Labute approximate surface area is 239 Å². The molecule has 4 rings (SSSR count). The minimum Gasteiger partial charge on any atom is -0.456 e. The van der Waals surface area contributed by atoms with Crippen LogP contribution in [0.15, 0.2) is 41.5 Å². The lowest BCUT2D eigenvalue weighted by Crippen LogP contribution is -2.42. The van der Waals surface area contributed by atoms with E-state index in [1.54, 1.807) is 22.1 Å². The van der Waals surface area contributed by atoms with E-state index < -0.39 is 17.2 Å². The first-order valence-corrected chi connectivity index (χ1v) is 13.9. The third-order valence-electron chi connectivity index (χ3n) is 7.23. The smallest absolute Gasteiger partial charge is 0.410 e. The molecule has 2 aromatic carbocycles. The van der Waals surface area contributed by atoms with Crippen molar-refractivity contribution in [3.8, 4) is 11.5 Å². The van der Waals surface area contributed by atoms with Gasteiger partial charge >= 0.3 is 6.09 Å². The lowest BCUT2D eigenvalue weighted by atomic mass is 9.91. The average Bonchev–Trinajstić information content (AvgIpc) is 2.90. The zero-order valence-electron chi connectivity index (χ0n) is 24.2. The number of carbonyl (C=O) groups is 2. The van der Waals surface area contributed by atoms with Crippen LogP contribution in [0.2, 0.25) is 0 Å². The number of aliphatic imine (C=N–C) groups is 1. The Balaban J connectivity index is 1.62. The van der Waals surface area contributed by atoms with Crippen LogP contribution in [0.1, 0.15) is 65.0 Å². The molecule has 0 aliphatic carbocycles. The molecule has 0 aromatic heterocycles. The molecule has 0 radical (unpaired) electrons. The van der Waals surface area contributed by atoms with Crippen LogP contribution in [-0.2, 0) is 16.0 Å². The minimum absolute atomic E-state index is 0.000374. The zero-order valence-corrected chi connectivity index (χ0v) is 24.2. The van der Waals surface area contributed by atoms with Gasteiger partial charge in [0.25, 0.3) is 0 Å². The monoisotopic (exact) mass is 568 g/mol. The van der Waals surface area contributed by atoms with Crippen molar-refractivity contribution in [3.63, 3.8) is 0 Å². The summed E-state index contributed by atoms with van der Waals surface area (Å²) in [5.74, 6) is -1.57. The Morgan fingerprint density at radius 3 is 2.39 bits per heavy atom. The number of allylic oxidation sites excluding steroid dienone is 1. The molecule has 41 heavy (non-hydrogen) atoms. The van der Waals surface area contributed by atoms with Gasteiger partial charge < -0.3 is 25.0 Å². The van der Waals surface area contributed by atoms with Crippen molar-refractivity contribution in [2.24, 2.45) is 10.7 Å². The van der Waals surface area contributed by atoms with Gasteiger partial charge in [0.2, 0.25) is 5.91 Å². The third kappa shape index (κ3) is 7.04. The summed E-state index contributed by atoms with van der Waals surface area (Å²) in [5.41, 5.74) is 8.19. The zero-order chi connectivity index (χ0) is 29.9. The highest BCUT2D eigenvalue weighted by Gasteiger charge is 2.31. The van der Waals surface area contributed by atoms with Gasteiger partial charge in [-0.05, 0) is 77.6 Å². The Morgan fingerprint density at radius 2 is 1.78 bits per heavy atom. The second-order valence-corrected chi connectivity index (χ2v) is 11.5. The Bertz CT molecular complexity index is 1360. The number of piperidine rings is 1. The van der Waals surface area contributed by atoms with Crippen molar-refractivity contribution >= 4 is 29.5 Å². The average molecular weight is 569 g/mol. The summed E-state index contributed by atoms with van der Waals surface area (Å²) in [7, 11) is 0. The number of rotatable bonds is 5. The minimum atomic E-state index is -1.03. The molecule has 0 saturated carbocycles. The highest BCUT2D eigenvalue weighted by Crippen LogP contribution is 2.43. The van der Waals surface area contributed by atoms with Crippen LogP contribution in [0, 0.1) is 11.6 Å². The van der Waals surface area contributed by atoms with Gasteiger partial charge in [0, 0.05) is 61.2 Å². The summed E-state index contributed by atoms with van der Waals surface area (Å²) in [5, 5.41) is 0. The van der Waals surface area contributed by atoms with Gasteiger partial charge in [0.05, 0.1) is 11.7 Å². The van der Waals surface area contributed by atoms with Gasteiger partial charge in [-0.3, -0.25) is 9.79 Å². The highest BCUT2D eigenvalue weighted by molar-refractivity contribution is 6.11. The number of hydrogen-bond donors (Lipinski definition) is 1. The molecule has 1 saturated heterocycles. The van der Waals surface area contributed by atoms with E-state index in [9.17, 15) is 18.4 Å². The number of carbonyl (C=O) groups excluding carboxylic acids is 2. The number of hydrogen-bond acceptors (Lipinski definition) is 6. The second-order valence-electron chi connectivity index (χ2n) is 11.5. The molecule has 0 unspecified atom stereocenters. The summed E-state index contributed by atoms with van der Waals surface area (Å²) in [6.45, 7) is 10.1. The number of amides is 2. The fraction of sp³-hybridized carbons (Fsp3) is 0.452. The molecule has 8 nitrogen and oxygen atoms in total. The topological polar surface area (TPSA) is 97.5 Å². The molecule has 2 heterocycles. The molecule has 2 amide bonds. The van der Waals surface area contributed by atoms with Crippen molar-refractivity contribution in [3.05, 3.63) is 59.3 Å². The predicted octanol–water partition coefficient (Wildman–Crippen LogP) is 6.21. The van der Waals surface area contributed by atoms with E-state index in [4.69, 9.17) is 20.2 Å². The largest absolute Gasteiger partial charge is 0.456 e. The van der Waals surface area contributed by atoms with Crippen LogP contribution >= 0.6 is 0 Å². The summed E-state index contributed by atoms with van der Waals surface area (Å²) in [6.07, 6.45) is 5.43. The first-order valence-electron chi connectivity index (χ1n) is 13.9. The van der Waals surface area contributed by atoms with Crippen molar-refractivity contribution in [2.45, 2.75) is 78.0 Å². The van der Waals surface area contributed by atoms with Crippen LogP contribution in [0.4, 0.5) is 19.3 Å². The first kappa shape index (κ1) is 30.0. The third-order valence-corrected chi connectivity index (χ3v) is 7.23. The van der Waals surface area contributed by atoms with E-state index in [0.717, 1.165) is 17.7 Å². The number of nitrogens with two attached hydrogens (primary N) is 1. The summed E-state index contributed by atoms with van der Waals surface area (Å²) >= 11 is 0. The van der Waals surface area contributed by atoms with E-state index in [1.165, 1.54) is 19.2 Å². The van der Waals surface area contributed by atoms with Crippen LogP contribution in [0.5, 0.6) is 11.5 Å². The molecule has 0 spiro atoms. The van der Waals surface area contributed by atoms with Gasteiger partial charge in [-0.15, -0.1) is 0 Å². The fourth-order valence-corrected chi connectivity index (χ4v) is 5.20. The van der Waals surface area contributed by atoms with Crippen LogP contribution < -0.4 is 15.4 Å². The number of benzene rings is 2. The Kier molecular flexibility index (Phi) is 8.99. The van der Waals surface area contributed by atoms with Gasteiger partial charge in [-0.1, -0.05) is 0 Å². The fourth-order valence-electron chi connectivity index (χ4n) is 5.20. The van der Waals surface area contributed by atoms with Crippen molar-refractivity contribution < 1.29 is 27.8 Å². The number of ether oxygens (including phenoxy) is 2. The lowest BCUT2D eigenvalue weighted by molar-refractivity contribution is -0.117. The normalized spacial score (nSPS) is 18.4. The van der Waals surface area contributed by atoms with Crippen molar-refractivity contribution in [1.82, 2.24) is 4.90 Å². The predicted molar refractivity (Wildman–Crippen MR) is 155 cm³/mol. The van der Waals surface area contributed by atoms with Crippen molar-refractivity contribution in [1.29, 1.82) is 0 Å². The standard InChI is InChI=1S/C31H38F2N4O4/c1-19-6-8-25-28(37(19)20(2)38)11-9-24(29(25)40-23-7-10-26(32)27(33)16-23)21(17-34)18-35-22-12-14-36(15-13-22)30(39)41-31(3,4)5/h7,9-11,16-19,22H,6,8,12-15,34H2,1-5H3/t19-/m0/s1. The summed E-state index contributed by atoms with van der Waals surface area (Å²) < 4.78 is 39.4. The molecule has 2 N–H and O–H groups in total. The SMILES string of the molecule is CC(=O)N1c2ccc(C(C=NC3CCN(C(=O)OC(C)(C)C)CC3)=CN)c(Oc3ccc(F)c(F)c3)c2CC[C@@H]1C. The van der Waals surface area contributed by atoms with E-state index >= 15 is 0 Å². The maximum atomic E-state index is 14.1. The molecule has 10 heteroatoms. The highest BCUT2D eigenvalue weighted by atomic mass is 19.2. The van der Waals surface area contributed by atoms with E-state index in [1.807, 2.05) is 33.8 Å². The van der Waals surface area contributed by atoms with Gasteiger partial charge in [-0.2, -0.15) is 0 Å². The number of nitrogens with zero attached hydrogens (tertiary/aromatic N) is 3. The molecule has 2 aliphatic heterocycles. The molecular weight excluding hydrogens is 530 g/mol. The maximum absolute atomic E-state index is 14.1. The molecule has 2 aliphatic rings. The van der Waals surface area contributed by atoms with E-state index in [0.29, 0.717) is 61.3 Å². The lowest BCUT2D eigenvalue weighted by Gasteiger charge is -2.36. The Hall–Kier alpha value is -3.95. The maximum Gasteiger partial charge on any atom is 0.410 e. The second kappa shape index (κ2) is 12.3. The number of fused-ring (bicyclic) bond motifs is 1. The van der Waals surface area contributed by atoms with Crippen LogP contribution in [-0.4, -0.2) is 53.9 Å². The van der Waals surface area contributed by atoms with Crippen molar-refractivity contribution in [2.75, 3.05) is 18.0 Å². The first-order chi connectivity index (χ1) is 19.4. The van der Waals surface area contributed by atoms with E-state index in [2.05, 4.69) is 0 Å². The number of anilines is 1. The molecule has 1 atom stereocenters. The van der Waals surface area contributed by atoms with Crippen LogP contribution in [0.3, 0.4) is 0 Å². The summed E-state index contributed by atoms with van der Waals surface area (Å²) in [6, 6.07) is 6.99. The van der Waals surface area contributed by atoms with Gasteiger partial charge in [-0.25, -0.2) is 13.6 Å². The quantitative estimate of drug-likeness (QED) is 0.432.